The monoisotopic (exact) mass is 328 g/mol. The second-order valence-corrected chi connectivity index (χ2v) is 6.04. The Morgan fingerprint density at radius 1 is 0.880 bits per heavy atom. The van der Waals surface area contributed by atoms with Gasteiger partial charge in [0.25, 0.3) is 11.8 Å². The smallest absolute Gasteiger partial charge is 0.262 e. The van der Waals surface area contributed by atoms with Gasteiger partial charge in [0, 0.05) is 16.6 Å². The minimum atomic E-state index is -0.529. The molecule has 0 aliphatic heterocycles. The van der Waals surface area contributed by atoms with E-state index in [9.17, 15) is 9.59 Å². The molecule has 2 N–H and O–H groups in total. The van der Waals surface area contributed by atoms with Crippen LogP contribution in [0.15, 0.2) is 66.7 Å². The largest absolute Gasteiger partial charge is 0.366 e. The maximum Gasteiger partial charge on any atom is 0.262 e. The average Bonchev–Trinajstić information content (AvgIpc) is 2.92. The molecule has 4 aromatic rings. The third-order valence-electron chi connectivity index (χ3n) is 4.56. The molecule has 4 heteroatoms. The number of benzene rings is 3. The molecule has 25 heavy (non-hydrogen) atoms. The number of nitrogens with two attached hydrogens (primary N) is 1. The molecule has 0 saturated carbocycles. The Hall–Kier alpha value is -3.40. The fourth-order valence-electron chi connectivity index (χ4n) is 3.39. The molecule has 4 rings (SSSR count). The highest BCUT2D eigenvalue weighted by Crippen LogP contribution is 2.27. The Morgan fingerprint density at radius 2 is 1.56 bits per heavy atom. The summed E-state index contributed by atoms with van der Waals surface area (Å²) < 4.78 is 1.57. The molecule has 3 aromatic carbocycles. The SMILES string of the molecule is Cc1c(C(N)=O)c2ccccc2n1C(=O)c1ccc2ccccc2c1. The van der Waals surface area contributed by atoms with E-state index in [1.165, 1.54) is 0 Å². The number of nitrogens with zero attached hydrogens (tertiary/aromatic N) is 1. The molecule has 0 aliphatic rings. The third kappa shape index (κ3) is 2.31. The lowest BCUT2D eigenvalue weighted by atomic mass is 10.1. The lowest BCUT2D eigenvalue weighted by molar-refractivity contribution is 0.0963. The number of hydrogen-bond donors (Lipinski definition) is 1. The number of carbonyl (C=O) groups is 2. The van der Waals surface area contributed by atoms with Crippen LogP contribution < -0.4 is 5.73 Å². The summed E-state index contributed by atoms with van der Waals surface area (Å²) in [5, 5.41) is 2.77. The number of aromatic nitrogens is 1. The first-order valence-electron chi connectivity index (χ1n) is 8.01. The Labute approximate surface area is 144 Å². The quantitative estimate of drug-likeness (QED) is 0.606. The van der Waals surface area contributed by atoms with Crippen LogP contribution in [-0.2, 0) is 0 Å². The lowest BCUT2D eigenvalue weighted by Crippen LogP contribution is -2.16. The molecule has 0 unspecified atom stereocenters. The van der Waals surface area contributed by atoms with Gasteiger partial charge < -0.3 is 5.73 Å². The van der Waals surface area contributed by atoms with E-state index in [0.29, 0.717) is 27.7 Å². The van der Waals surface area contributed by atoms with Crippen molar-refractivity contribution in [3.63, 3.8) is 0 Å². The van der Waals surface area contributed by atoms with Crippen molar-refractivity contribution in [1.82, 2.24) is 4.57 Å². The molecule has 0 fully saturated rings. The zero-order valence-corrected chi connectivity index (χ0v) is 13.7. The standard InChI is InChI=1S/C21H16N2O2/c1-13-19(20(22)24)17-8-4-5-9-18(17)23(13)21(25)16-11-10-14-6-2-3-7-15(14)12-16/h2-12H,1H3,(H2,22,24). The van der Waals surface area contributed by atoms with Gasteiger partial charge >= 0.3 is 0 Å². The number of primary amides is 1. The topological polar surface area (TPSA) is 65.1 Å². The number of fused-ring (bicyclic) bond motifs is 2. The Kier molecular flexibility index (Phi) is 3.39. The average molecular weight is 328 g/mol. The molecular weight excluding hydrogens is 312 g/mol. The predicted molar refractivity (Wildman–Crippen MR) is 98.9 cm³/mol. The predicted octanol–water partition coefficient (Wildman–Crippen LogP) is 3.89. The molecule has 0 atom stereocenters. The molecule has 0 spiro atoms. The molecule has 0 aliphatic carbocycles. The summed E-state index contributed by atoms with van der Waals surface area (Å²) in [6.07, 6.45) is 0. The maximum atomic E-state index is 13.2. The van der Waals surface area contributed by atoms with Crippen LogP contribution in [0.2, 0.25) is 0 Å². The van der Waals surface area contributed by atoms with Crippen LogP contribution in [0, 0.1) is 6.92 Å². The van der Waals surface area contributed by atoms with Crippen molar-refractivity contribution in [3.8, 4) is 0 Å². The molecule has 0 radical (unpaired) electrons. The molecule has 4 nitrogen and oxygen atoms in total. The van der Waals surface area contributed by atoms with Crippen LogP contribution >= 0.6 is 0 Å². The number of carbonyl (C=O) groups excluding carboxylic acids is 2. The molecule has 1 heterocycles. The van der Waals surface area contributed by atoms with Crippen LogP contribution in [0.1, 0.15) is 26.4 Å². The highest BCUT2D eigenvalue weighted by Gasteiger charge is 2.22. The van der Waals surface area contributed by atoms with Crippen LogP contribution in [0.4, 0.5) is 0 Å². The van der Waals surface area contributed by atoms with Crippen molar-refractivity contribution >= 4 is 33.5 Å². The first-order valence-corrected chi connectivity index (χ1v) is 8.01. The van der Waals surface area contributed by atoms with Gasteiger partial charge in [0.05, 0.1) is 11.1 Å². The summed E-state index contributed by atoms with van der Waals surface area (Å²) in [6.45, 7) is 1.75. The summed E-state index contributed by atoms with van der Waals surface area (Å²) in [5.41, 5.74) is 7.75. The van der Waals surface area contributed by atoms with Gasteiger partial charge in [-0.2, -0.15) is 0 Å². The Bertz CT molecular complexity index is 1160. The van der Waals surface area contributed by atoms with Crippen molar-refractivity contribution in [2.75, 3.05) is 0 Å². The Morgan fingerprint density at radius 3 is 2.32 bits per heavy atom. The van der Waals surface area contributed by atoms with E-state index in [-0.39, 0.29) is 5.91 Å². The van der Waals surface area contributed by atoms with E-state index in [1.807, 2.05) is 66.7 Å². The first-order chi connectivity index (χ1) is 12.1. The second-order valence-electron chi connectivity index (χ2n) is 6.04. The van der Waals surface area contributed by atoms with Crippen molar-refractivity contribution in [2.45, 2.75) is 6.92 Å². The van der Waals surface area contributed by atoms with Crippen molar-refractivity contribution in [3.05, 3.63) is 83.6 Å². The van der Waals surface area contributed by atoms with E-state index in [2.05, 4.69) is 0 Å². The van der Waals surface area contributed by atoms with Gasteiger partial charge in [-0.15, -0.1) is 0 Å². The van der Waals surface area contributed by atoms with E-state index in [4.69, 9.17) is 5.73 Å². The molecule has 0 saturated heterocycles. The third-order valence-corrected chi connectivity index (χ3v) is 4.56. The van der Waals surface area contributed by atoms with Gasteiger partial charge in [-0.3, -0.25) is 14.2 Å². The number of para-hydroxylation sites is 1. The minimum absolute atomic E-state index is 0.174. The molecule has 0 bridgehead atoms. The zero-order valence-electron chi connectivity index (χ0n) is 13.7. The normalized spacial score (nSPS) is 11.1. The Balaban J connectivity index is 1.95. The summed E-state index contributed by atoms with van der Waals surface area (Å²) in [6, 6.07) is 20.8. The number of rotatable bonds is 2. The first kappa shape index (κ1) is 15.1. The number of hydrogen-bond acceptors (Lipinski definition) is 2. The molecule has 122 valence electrons. The highest BCUT2D eigenvalue weighted by molar-refractivity contribution is 6.13. The van der Waals surface area contributed by atoms with Gasteiger partial charge in [0.15, 0.2) is 0 Å². The van der Waals surface area contributed by atoms with Crippen molar-refractivity contribution < 1.29 is 9.59 Å². The molecule has 1 aromatic heterocycles. The minimum Gasteiger partial charge on any atom is -0.366 e. The van der Waals surface area contributed by atoms with E-state index in [0.717, 1.165) is 10.8 Å². The van der Waals surface area contributed by atoms with Gasteiger partial charge in [-0.25, -0.2) is 0 Å². The van der Waals surface area contributed by atoms with Crippen LogP contribution in [-0.4, -0.2) is 16.4 Å². The van der Waals surface area contributed by atoms with E-state index < -0.39 is 5.91 Å². The fraction of sp³-hybridized carbons (Fsp3) is 0.0476. The summed E-state index contributed by atoms with van der Waals surface area (Å²) >= 11 is 0. The van der Waals surface area contributed by atoms with Crippen LogP contribution in [0.25, 0.3) is 21.7 Å². The summed E-state index contributed by atoms with van der Waals surface area (Å²) in [7, 11) is 0. The van der Waals surface area contributed by atoms with Crippen LogP contribution in [0.5, 0.6) is 0 Å². The van der Waals surface area contributed by atoms with Crippen LogP contribution in [0.3, 0.4) is 0 Å². The van der Waals surface area contributed by atoms with Gasteiger partial charge in [0.2, 0.25) is 0 Å². The van der Waals surface area contributed by atoms with E-state index >= 15 is 0 Å². The molecular formula is C21H16N2O2. The second kappa shape index (κ2) is 5.60. The van der Waals surface area contributed by atoms with Gasteiger partial charge in [-0.05, 0) is 35.9 Å². The summed E-state index contributed by atoms with van der Waals surface area (Å²) in [4.78, 5) is 25.1. The summed E-state index contributed by atoms with van der Waals surface area (Å²) in [5.74, 6) is -0.703. The highest BCUT2D eigenvalue weighted by atomic mass is 16.2. The zero-order chi connectivity index (χ0) is 17.6. The van der Waals surface area contributed by atoms with Crippen molar-refractivity contribution in [2.24, 2.45) is 5.73 Å². The fourth-order valence-corrected chi connectivity index (χ4v) is 3.39. The molecule has 1 amide bonds. The lowest BCUT2D eigenvalue weighted by Gasteiger charge is -2.08. The van der Waals surface area contributed by atoms with E-state index in [1.54, 1.807) is 11.5 Å². The number of amides is 1. The van der Waals surface area contributed by atoms with Gasteiger partial charge in [-0.1, -0.05) is 48.5 Å². The van der Waals surface area contributed by atoms with Crippen molar-refractivity contribution in [1.29, 1.82) is 0 Å². The maximum absolute atomic E-state index is 13.2. The van der Waals surface area contributed by atoms with Gasteiger partial charge in [0.1, 0.15) is 0 Å².